The molecule has 0 spiro atoms. The van der Waals surface area contributed by atoms with E-state index in [0.717, 1.165) is 25.7 Å². The molecule has 4 heteroatoms. The monoisotopic (exact) mass is 226 g/mol. The number of hydrogen-bond acceptors (Lipinski definition) is 4. The minimum atomic E-state index is -0.355. The summed E-state index contributed by atoms with van der Waals surface area (Å²) in [6.45, 7) is 4.84. The summed E-state index contributed by atoms with van der Waals surface area (Å²) in [7, 11) is 0. The molecule has 1 fully saturated rings. The smallest absolute Gasteiger partial charge is 0.330 e. The van der Waals surface area contributed by atoms with E-state index in [-0.39, 0.29) is 5.97 Å². The first-order chi connectivity index (χ1) is 7.76. The van der Waals surface area contributed by atoms with Gasteiger partial charge in [-0.05, 0) is 37.5 Å². The fourth-order valence-corrected chi connectivity index (χ4v) is 2.00. The number of carbonyl (C=O) groups is 2. The first-order valence-corrected chi connectivity index (χ1v) is 5.60. The van der Waals surface area contributed by atoms with Crippen molar-refractivity contribution in [1.29, 1.82) is 0 Å². The van der Waals surface area contributed by atoms with Gasteiger partial charge in [0.1, 0.15) is 0 Å². The Morgan fingerprint density at radius 1 is 1.19 bits per heavy atom. The van der Waals surface area contributed by atoms with E-state index in [9.17, 15) is 9.59 Å². The minimum absolute atomic E-state index is 0.355. The van der Waals surface area contributed by atoms with Crippen LogP contribution in [0.3, 0.4) is 0 Å². The van der Waals surface area contributed by atoms with Gasteiger partial charge in [-0.1, -0.05) is 6.58 Å². The molecule has 0 amide bonds. The third-order valence-corrected chi connectivity index (χ3v) is 2.99. The molecule has 16 heavy (non-hydrogen) atoms. The Morgan fingerprint density at radius 3 is 2.25 bits per heavy atom. The normalized spacial score (nSPS) is 24.5. The van der Waals surface area contributed by atoms with E-state index in [2.05, 4.69) is 6.58 Å². The lowest BCUT2D eigenvalue weighted by Crippen LogP contribution is -2.22. The first kappa shape index (κ1) is 12.7. The van der Waals surface area contributed by atoms with Crippen LogP contribution in [0.4, 0.5) is 0 Å². The summed E-state index contributed by atoms with van der Waals surface area (Å²) in [5, 5.41) is 0. The Morgan fingerprint density at radius 2 is 1.75 bits per heavy atom. The van der Waals surface area contributed by atoms with E-state index < -0.39 is 0 Å². The van der Waals surface area contributed by atoms with E-state index in [4.69, 9.17) is 9.47 Å². The third kappa shape index (κ3) is 4.47. The van der Waals surface area contributed by atoms with Crippen molar-refractivity contribution >= 4 is 12.4 Å². The predicted octanol–water partition coefficient (Wildman–Crippen LogP) is 1.69. The average molecular weight is 226 g/mol. The van der Waals surface area contributed by atoms with E-state index in [1.54, 1.807) is 0 Å². The molecule has 1 saturated carbocycles. The zero-order valence-electron chi connectivity index (χ0n) is 9.39. The maximum absolute atomic E-state index is 10.9. The van der Waals surface area contributed by atoms with Crippen LogP contribution in [-0.2, 0) is 19.1 Å². The Kier molecular flexibility index (Phi) is 5.61. The molecule has 1 rings (SSSR count). The van der Waals surface area contributed by atoms with Crippen LogP contribution in [-0.4, -0.2) is 25.7 Å². The van der Waals surface area contributed by atoms with Crippen LogP contribution >= 0.6 is 0 Å². The second-order valence-corrected chi connectivity index (χ2v) is 4.15. The predicted molar refractivity (Wildman–Crippen MR) is 58.6 cm³/mol. The summed E-state index contributed by atoms with van der Waals surface area (Å²) in [5.41, 5.74) is 0. The van der Waals surface area contributed by atoms with Crippen molar-refractivity contribution in [3.8, 4) is 0 Å². The Balaban J connectivity index is 2.14. The standard InChI is InChI=1S/C12H18O4/c1-2-12(14)16-8-11-5-3-10(4-6-11)7-15-9-13/h2,9-11H,1,3-8H2. The Labute approximate surface area is 95.6 Å². The largest absolute Gasteiger partial charge is 0.468 e. The zero-order chi connectivity index (χ0) is 11.8. The van der Waals surface area contributed by atoms with Crippen LogP contribution in [0, 0.1) is 11.8 Å². The fourth-order valence-electron chi connectivity index (χ4n) is 2.00. The van der Waals surface area contributed by atoms with Gasteiger partial charge in [-0.2, -0.15) is 0 Å². The SMILES string of the molecule is C=CC(=O)OCC1CCC(COC=O)CC1. The second kappa shape index (κ2) is 7.04. The van der Waals surface area contributed by atoms with E-state index >= 15 is 0 Å². The maximum atomic E-state index is 10.9. The van der Waals surface area contributed by atoms with Gasteiger partial charge in [0.05, 0.1) is 13.2 Å². The number of rotatable bonds is 6. The topological polar surface area (TPSA) is 52.6 Å². The van der Waals surface area contributed by atoms with Crippen molar-refractivity contribution in [3.63, 3.8) is 0 Å². The lowest BCUT2D eigenvalue weighted by molar-refractivity contribution is -0.139. The van der Waals surface area contributed by atoms with Crippen LogP contribution in [0.1, 0.15) is 25.7 Å². The number of carbonyl (C=O) groups excluding carboxylic acids is 2. The number of esters is 1. The molecular weight excluding hydrogens is 208 g/mol. The van der Waals surface area contributed by atoms with Crippen molar-refractivity contribution < 1.29 is 19.1 Å². The summed E-state index contributed by atoms with van der Waals surface area (Å²) in [5.74, 6) is 0.555. The molecule has 0 atom stereocenters. The number of ether oxygens (including phenoxy) is 2. The van der Waals surface area contributed by atoms with E-state index in [1.807, 2.05) is 0 Å². The minimum Gasteiger partial charge on any atom is -0.468 e. The molecule has 0 heterocycles. The molecule has 0 bridgehead atoms. The first-order valence-electron chi connectivity index (χ1n) is 5.60. The quantitative estimate of drug-likeness (QED) is 0.393. The van der Waals surface area contributed by atoms with E-state index in [0.29, 0.717) is 31.5 Å². The highest BCUT2D eigenvalue weighted by Crippen LogP contribution is 2.28. The summed E-state index contributed by atoms with van der Waals surface area (Å²) >= 11 is 0. The van der Waals surface area contributed by atoms with Gasteiger partial charge in [-0.3, -0.25) is 4.79 Å². The molecule has 0 aromatic rings. The Hall–Kier alpha value is -1.32. The van der Waals surface area contributed by atoms with Crippen LogP contribution in [0.5, 0.6) is 0 Å². The second-order valence-electron chi connectivity index (χ2n) is 4.15. The lowest BCUT2D eigenvalue weighted by atomic mass is 9.83. The highest BCUT2D eigenvalue weighted by molar-refractivity contribution is 5.81. The average Bonchev–Trinajstić information content (AvgIpc) is 2.34. The zero-order valence-corrected chi connectivity index (χ0v) is 9.39. The molecular formula is C12H18O4. The lowest BCUT2D eigenvalue weighted by Gasteiger charge is -2.27. The summed E-state index contributed by atoms with van der Waals surface area (Å²) in [4.78, 5) is 20.9. The van der Waals surface area contributed by atoms with Crippen molar-refractivity contribution in [2.45, 2.75) is 25.7 Å². The summed E-state index contributed by atoms with van der Waals surface area (Å²) in [6.07, 6.45) is 5.30. The molecule has 0 aromatic heterocycles. The van der Waals surface area contributed by atoms with Crippen LogP contribution < -0.4 is 0 Å². The molecule has 90 valence electrons. The molecule has 0 saturated heterocycles. The highest BCUT2D eigenvalue weighted by Gasteiger charge is 2.22. The number of hydrogen-bond donors (Lipinski definition) is 0. The summed E-state index contributed by atoms with van der Waals surface area (Å²) < 4.78 is 9.75. The molecule has 0 unspecified atom stereocenters. The van der Waals surface area contributed by atoms with Crippen molar-refractivity contribution in [2.24, 2.45) is 11.8 Å². The van der Waals surface area contributed by atoms with Crippen molar-refractivity contribution in [2.75, 3.05) is 13.2 Å². The third-order valence-electron chi connectivity index (χ3n) is 2.99. The van der Waals surface area contributed by atoms with Gasteiger partial charge in [-0.25, -0.2) is 4.79 Å². The van der Waals surface area contributed by atoms with Gasteiger partial charge in [-0.15, -0.1) is 0 Å². The molecule has 0 aromatic carbocycles. The highest BCUT2D eigenvalue weighted by atomic mass is 16.5. The molecule has 1 aliphatic carbocycles. The Bertz CT molecular complexity index is 241. The maximum Gasteiger partial charge on any atom is 0.330 e. The molecule has 0 N–H and O–H groups in total. The van der Waals surface area contributed by atoms with Gasteiger partial charge in [0.15, 0.2) is 0 Å². The van der Waals surface area contributed by atoms with Crippen LogP contribution in [0.15, 0.2) is 12.7 Å². The van der Waals surface area contributed by atoms with Crippen LogP contribution in [0.2, 0.25) is 0 Å². The fraction of sp³-hybridized carbons (Fsp3) is 0.667. The molecule has 4 nitrogen and oxygen atoms in total. The van der Waals surface area contributed by atoms with E-state index in [1.165, 1.54) is 6.08 Å². The summed E-state index contributed by atoms with van der Waals surface area (Å²) in [6, 6.07) is 0. The van der Waals surface area contributed by atoms with Gasteiger partial charge in [0.25, 0.3) is 6.47 Å². The molecule has 1 aliphatic rings. The van der Waals surface area contributed by atoms with Crippen LogP contribution in [0.25, 0.3) is 0 Å². The molecule has 0 aliphatic heterocycles. The van der Waals surface area contributed by atoms with Gasteiger partial charge in [0.2, 0.25) is 0 Å². The van der Waals surface area contributed by atoms with Crippen molar-refractivity contribution in [1.82, 2.24) is 0 Å². The van der Waals surface area contributed by atoms with Gasteiger partial charge >= 0.3 is 5.97 Å². The van der Waals surface area contributed by atoms with Gasteiger partial charge < -0.3 is 9.47 Å². The van der Waals surface area contributed by atoms with Gasteiger partial charge in [0, 0.05) is 6.08 Å². The van der Waals surface area contributed by atoms with Crippen molar-refractivity contribution in [3.05, 3.63) is 12.7 Å². The molecule has 0 radical (unpaired) electrons.